The first kappa shape index (κ1) is 5.82. The number of rotatable bonds is 0. The van der Waals surface area contributed by atoms with Gasteiger partial charge in [-0.25, -0.2) is 0 Å². The quantitative estimate of drug-likeness (QED) is 0.434. The van der Waals surface area contributed by atoms with Crippen molar-refractivity contribution in [2.75, 3.05) is 5.75 Å². The van der Waals surface area contributed by atoms with Gasteiger partial charge in [0, 0.05) is 0 Å². The minimum atomic E-state index is -0.331. The van der Waals surface area contributed by atoms with E-state index in [1.807, 2.05) is 0 Å². The molecule has 0 aromatic carbocycles. The number of hydrogen-bond acceptors (Lipinski definition) is 3. The molecule has 0 spiro atoms. The molecule has 0 N–H and O–H groups in total. The lowest BCUT2D eigenvalue weighted by Gasteiger charge is -1.88. The van der Waals surface area contributed by atoms with Crippen molar-refractivity contribution < 1.29 is 9.59 Å². The van der Waals surface area contributed by atoms with E-state index in [4.69, 9.17) is 0 Å². The molecule has 0 bridgehead atoms. The third-order valence-electron chi connectivity index (χ3n) is 0.983. The molecule has 0 saturated carbocycles. The molecule has 0 amide bonds. The Labute approximate surface area is 51.6 Å². The topological polar surface area (TPSA) is 34.1 Å². The summed E-state index contributed by atoms with van der Waals surface area (Å²) in [6, 6.07) is 0. The smallest absolute Gasteiger partial charge is 0.212 e. The maximum Gasteiger partial charge on any atom is 0.212 e. The molecule has 1 atom stereocenters. The van der Waals surface area contributed by atoms with Gasteiger partial charge in [-0.05, 0) is 6.92 Å². The summed E-state index contributed by atoms with van der Waals surface area (Å²) < 4.78 is 0. The predicted octanol–water partition coefficient (Wildman–Crippen LogP) is 0.0741. The highest BCUT2D eigenvalue weighted by atomic mass is 32.2. The zero-order valence-corrected chi connectivity index (χ0v) is 5.03. The molecule has 0 aromatic heterocycles. The van der Waals surface area contributed by atoms with E-state index in [1.54, 1.807) is 0 Å². The standard InChI is InChI=1S/C5H5O2S/c1-3-5(7)4(6)2-8-3/h3H,1-2H2. The Balaban J connectivity index is 2.71. The van der Waals surface area contributed by atoms with Gasteiger partial charge in [-0.3, -0.25) is 9.59 Å². The molecule has 8 heavy (non-hydrogen) atoms. The van der Waals surface area contributed by atoms with Crippen LogP contribution >= 0.6 is 11.8 Å². The third-order valence-corrected chi connectivity index (χ3v) is 2.03. The molecule has 1 unspecified atom stereocenters. The van der Waals surface area contributed by atoms with E-state index < -0.39 is 0 Å². The average molecular weight is 129 g/mol. The monoisotopic (exact) mass is 129 g/mol. The van der Waals surface area contributed by atoms with Gasteiger partial charge >= 0.3 is 0 Å². The molecule has 3 heteroatoms. The van der Waals surface area contributed by atoms with Gasteiger partial charge in [0.05, 0.1) is 11.0 Å². The number of hydrogen-bond donors (Lipinski definition) is 0. The van der Waals surface area contributed by atoms with Gasteiger partial charge in [-0.15, -0.1) is 11.8 Å². The molecule has 0 aliphatic carbocycles. The normalized spacial score (nSPS) is 29.4. The van der Waals surface area contributed by atoms with Crippen LogP contribution in [0.1, 0.15) is 0 Å². The summed E-state index contributed by atoms with van der Waals surface area (Å²) in [4.78, 5) is 20.8. The zero-order valence-electron chi connectivity index (χ0n) is 4.22. The molecule has 1 aliphatic heterocycles. The average Bonchev–Trinajstić information content (AvgIpc) is 1.98. The number of carbonyl (C=O) groups is 2. The van der Waals surface area contributed by atoms with Crippen LogP contribution in [-0.4, -0.2) is 22.6 Å². The van der Waals surface area contributed by atoms with Crippen LogP contribution in [0.4, 0.5) is 0 Å². The van der Waals surface area contributed by atoms with Gasteiger partial charge in [0.15, 0.2) is 0 Å². The van der Waals surface area contributed by atoms with Crippen LogP contribution in [0.15, 0.2) is 0 Å². The number of thioether (sulfide) groups is 1. The first-order chi connectivity index (χ1) is 3.72. The van der Waals surface area contributed by atoms with E-state index in [0.29, 0.717) is 5.75 Å². The number of carbonyl (C=O) groups excluding carboxylic acids is 2. The Morgan fingerprint density at radius 1 is 1.62 bits per heavy atom. The van der Waals surface area contributed by atoms with E-state index in [9.17, 15) is 9.59 Å². The molecule has 1 saturated heterocycles. The first-order valence-electron chi connectivity index (χ1n) is 2.23. The van der Waals surface area contributed by atoms with E-state index in [0.717, 1.165) is 0 Å². The van der Waals surface area contributed by atoms with Gasteiger partial charge in [0.25, 0.3) is 0 Å². The number of Topliss-reactive ketones (excluding diaryl/α,β-unsaturated/α-hetero) is 2. The molecule has 1 fully saturated rings. The minimum absolute atomic E-state index is 0.282. The first-order valence-corrected chi connectivity index (χ1v) is 3.28. The van der Waals surface area contributed by atoms with Crippen molar-refractivity contribution in [3.8, 4) is 0 Å². The summed E-state index contributed by atoms with van der Waals surface area (Å²) in [7, 11) is 0. The summed E-state index contributed by atoms with van der Waals surface area (Å²) >= 11 is 1.30. The van der Waals surface area contributed by atoms with Gasteiger partial charge in [-0.2, -0.15) is 0 Å². The second-order valence-corrected chi connectivity index (χ2v) is 2.78. The lowest BCUT2D eigenvalue weighted by molar-refractivity contribution is -0.133. The molecular formula is C5H5O2S. The van der Waals surface area contributed by atoms with E-state index >= 15 is 0 Å². The van der Waals surface area contributed by atoms with Crippen LogP contribution in [-0.2, 0) is 9.59 Å². The Bertz CT molecular complexity index is 141. The second-order valence-electron chi connectivity index (χ2n) is 1.59. The predicted molar refractivity (Wildman–Crippen MR) is 31.6 cm³/mol. The van der Waals surface area contributed by atoms with E-state index in [1.165, 1.54) is 11.8 Å². The van der Waals surface area contributed by atoms with Gasteiger partial charge in [-0.1, -0.05) is 0 Å². The van der Waals surface area contributed by atoms with Crippen molar-refractivity contribution in [1.82, 2.24) is 0 Å². The summed E-state index contributed by atoms with van der Waals surface area (Å²) in [5.74, 6) is -0.280. The number of ketones is 2. The van der Waals surface area contributed by atoms with Crippen LogP contribution in [0.2, 0.25) is 0 Å². The van der Waals surface area contributed by atoms with Gasteiger partial charge < -0.3 is 0 Å². The largest absolute Gasteiger partial charge is 0.290 e. The molecule has 2 nitrogen and oxygen atoms in total. The highest BCUT2D eigenvalue weighted by Gasteiger charge is 2.28. The van der Waals surface area contributed by atoms with Crippen LogP contribution in [0.3, 0.4) is 0 Å². The molecular weight excluding hydrogens is 124 g/mol. The van der Waals surface area contributed by atoms with Crippen LogP contribution in [0, 0.1) is 6.92 Å². The Kier molecular flexibility index (Phi) is 1.38. The minimum Gasteiger partial charge on any atom is -0.290 e. The van der Waals surface area contributed by atoms with Gasteiger partial charge in [0.2, 0.25) is 11.6 Å². The maximum absolute atomic E-state index is 10.5. The fraction of sp³-hybridized carbons (Fsp3) is 0.400. The van der Waals surface area contributed by atoms with Crippen LogP contribution < -0.4 is 0 Å². The summed E-state index contributed by atoms with van der Waals surface area (Å²) in [6.45, 7) is 3.46. The van der Waals surface area contributed by atoms with Crippen molar-refractivity contribution in [3.63, 3.8) is 0 Å². The molecule has 0 aromatic rings. The molecule has 1 aliphatic rings. The fourth-order valence-electron chi connectivity index (χ4n) is 0.503. The van der Waals surface area contributed by atoms with Crippen molar-refractivity contribution in [1.29, 1.82) is 0 Å². The molecule has 1 radical (unpaired) electrons. The summed E-state index contributed by atoms with van der Waals surface area (Å²) in [6.07, 6.45) is 0. The zero-order chi connectivity index (χ0) is 6.15. The lowest BCUT2D eigenvalue weighted by atomic mass is 10.2. The van der Waals surface area contributed by atoms with Crippen molar-refractivity contribution in [3.05, 3.63) is 6.92 Å². The molecule has 1 heterocycles. The second kappa shape index (κ2) is 1.90. The van der Waals surface area contributed by atoms with Crippen LogP contribution in [0.25, 0.3) is 0 Å². The van der Waals surface area contributed by atoms with E-state index in [-0.39, 0.29) is 16.8 Å². The highest BCUT2D eigenvalue weighted by molar-refractivity contribution is 8.02. The SMILES string of the molecule is [CH2]C1SCC(=O)C1=O. The fourth-order valence-corrected chi connectivity index (χ4v) is 1.28. The Morgan fingerprint density at radius 3 is 2.38 bits per heavy atom. The van der Waals surface area contributed by atoms with Crippen molar-refractivity contribution >= 4 is 23.3 Å². The summed E-state index contributed by atoms with van der Waals surface area (Å²) in [5, 5.41) is -0.331. The summed E-state index contributed by atoms with van der Waals surface area (Å²) in [5.41, 5.74) is 0. The lowest BCUT2D eigenvalue weighted by Crippen LogP contribution is -2.14. The molecule has 1 rings (SSSR count). The highest BCUT2D eigenvalue weighted by Crippen LogP contribution is 2.18. The Morgan fingerprint density at radius 2 is 2.25 bits per heavy atom. The third kappa shape index (κ3) is 0.777. The van der Waals surface area contributed by atoms with Crippen molar-refractivity contribution in [2.45, 2.75) is 5.25 Å². The van der Waals surface area contributed by atoms with E-state index in [2.05, 4.69) is 6.92 Å². The maximum atomic E-state index is 10.5. The molecule has 43 valence electrons. The van der Waals surface area contributed by atoms with Crippen LogP contribution in [0.5, 0.6) is 0 Å². The van der Waals surface area contributed by atoms with Crippen molar-refractivity contribution in [2.24, 2.45) is 0 Å². The van der Waals surface area contributed by atoms with Gasteiger partial charge in [0.1, 0.15) is 0 Å². The Hall–Kier alpha value is -0.310.